The summed E-state index contributed by atoms with van der Waals surface area (Å²) in [7, 11) is 0. The van der Waals surface area contributed by atoms with E-state index in [1.165, 1.54) is 0 Å². The van der Waals surface area contributed by atoms with E-state index in [1.807, 2.05) is 91.0 Å². The van der Waals surface area contributed by atoms with E-state index < -0.39 is 245 Å². The second-order valence-corrected chi connectivity index (χ2v) is 31.5. The van der Waals surface area contributed by atoms with Crippen LogP contribution in [0.1, 0.15) is 155 Å². The molecule has 0 heterocycles. The van der Waals surface area contributed by atoms with Crippen molar-refractivity contribution in [3.8, 4) is 17.2 Å². The minimum absolute atomic E-state index is 0. The molecule has 1 unspecified atom stereocenters. The number of hydrogen-bond acceptors (Lipinski definition) is 20. The molecule has 0 aliphatic heterocycles. The Morgan fingerprint density at radius 1 is 0.375 bits per heavy atom. The summed E-state index contributed by atoms with van der Waals surface area (Å²) < 4.78 is 205. The molecule has 27 nitrogen and oxygen atoms in total. The number of halogens is 12. The maximum absolute atomic E-state index is 14.0. The molecule has 6 amide bonds. The molecular formula is C86H102F12N6O21S3. The molecule has 0 spiro atoms. The highest BCUT2D eigenvalue weighted by molar-refractivity contribution is 7.59. The molecule has 3 saturated carbocycles. The Balaban J connectivity index is 0.000000398. The zero-order chi connectivity index (χ0) is 92.0. The van der Waals surface area contributed by atoms with Gasteiger partial charge < -0.3 is 80.0 Å². The molecule has 8 N–H and O–H groups in total. The van der Waals surface area contributed by atoms with Gasteiger partial charge in [0.1, 0.15) is 69.0 Å². The molecule has 42 heteroatoms. The van der Waals surface area contributed by atoms with Crippen molar-refractivity contribution in [3.05, 3.63) is 196 Å². The lowest BCUT2D eigenvalue weighted by Gasteiger charge is -2.31. The van der Waals surface area contributed by atoms with E-state index in [-0.39, 0.29) is 96.6 Å². The van der Waals surface area contributed by atoms with Crippen LogP contribution in [0.3, 0.4) is 0 Å². The zero-order valence-corrected chi connectivity index (χ0v) is 73.2. The first-order valence-corrected chi connectivity index (χ1v) is 39.6. The van der Waals surface area contributed by atoms with Gasteiger partial charge in [-0.15, -0.1) is 0 Å². The number of esters is 2. The molecule has 0 bridgehead atoms. The molecule has 0 radical (unpaired) electrons. The highest BCUT2D eigenvalue weighted by Crippen LogP contribution is 2.33. The van der Waals surface area contributed by atoms with Crippen molar-refractivity contribution >= 4 is 106 Å². The van der Waals surface area contributed by atoms with Gasteiger partial charge in [-0.3, -0.25) is 38.4 Å². The number of carbonyl (C=O) groups excluding carboxylic acids is 10. The van der Waals surface area contributed by atoms with E-state index in [0.29, 0.717) is 77.0 Å². The lowest BCUT2D eigenvalue weighted by atomic mass is 9.85. The largest absolute Gasteiger partial charge is 0.485 e. The Kier molecular flexibility index (Phi) is 44.7. The fourth-order valence-corrected chi connectivity index (χ4v) is 13.0. The molecule has 0 saturated heterocycles. The van der Waals surface area contributed by atoms with Gasteiger partial charge in [0.05, 0.1) is 25.3 Å². The van der Waals surface area contributed by atoms with Gasteiger partial charge in [0.25, 0.3) is 0 Å². The molecule has 3 aliphatic carbocycles. The SMILES string of the molecule is CC(C)(C)OC(=O)C[C@H](NC(=O)C1CCC(NC(=O)OCc2ccccc2)CC1)C(=O)COc1c(F)c(F)cc(F)c1F.CC(C)(C)OC(=O)C[C@H](NC(=O)C1CCC(NC(=O)OCc2ccccc2)CC1)C(O)COc1c(F)c(F)cc(F)c1F.O=C(O)C[C@H](NC(=O)C1CCC(NC(=O)OCc2ccccc2)CC1)C(=O)COc1c(F)c(F)cc(F)c1F.S.S.S. The maximum Gasteiger partial charge on any atom is 0.407 e. The number of aliphatic hydroxyl groups excluding tert-OH is 1. The molecule has 0 aromatic heterocycles. The van der Waals surface area contributed by atoms with Crippen LogP contribution in [0.5, 0.6) is 17.2 Å². The topological polar surface area (TPSA) is 374 Å². The predicted molar refractivity (Wildman–Crippen MR) is 448 cm³/mol. The summed E-state index contributed by atoms with van der Waals surface area (Å²) in [6.45, 7) is 6.78. The number of ketones is 2. The third-order valence-corrected chi connectivity index (χ3v) is 19.4. The average molecular weight is 1880 g/mol. The number of aliphatic carboxylic acids is 1. The van der Waals surface area contributed by atoms with Crippen molar-refractivity contribution in [1.82, 2.24) is 31.9 Å². The second kappa shape index (κ2) is 52.4. The van der Waals surface area contributed by atoms with Crippen LogP contribution in [0.4, 0.5) is 67.1 Å². The number of aliphatic hydroxyl groups is 1. The van der Waals surface area contributed by atoms with Crippen molar-refractivity contribution in [2.24, 2.45) is 17.8 Å². The van der Waals surface area contributed by atoms with Crippen LogP contribution in [0.15, 0.2) is 109 Å². The predicted octanol–water partition coefficient (Wildman–Crippen LogP) is 13.6. The Labute approximate surface area is 749 Å². The first-order valence-electron chi connectivity index (χ1n) is 39.6. The summed E-state index contributed by atoms with van der Waals surface area (Å²) in [4.78, 5) is 137. The summed E-state index contributed by atoms with van der Waals surface area (Å²) in [5.74, 6) is -34.2. The average Bonchev–Trinajstić information content (AvgIpc) is 0.822. The van der Waals surface area contributed by atoms with Gasteiger partial charge in [-0.25, -0.2) is 40.7 Å². The molecule has 704 valence electrons. The molecule has 3 fully saturated rings. The van der Waals surface area contributed by atoms with Gasteiger partial charge in [0.2, 0.25) is 52.6 Å². The lowest BCUT2D eigenvalue weighted by Crippen LogP contribution is -2.50. The number of amides is 6. The van der Waals surface area contributed by atoms with E-state index in [2.05, 4.69) is 36.6 Å². The number of Topliss-reactive ketones (excluding diaryl/α,β-unsaturated/α-hetero) is 2. The Morgan fingerprint density at radius 2 is 0.641 bits per heavy atom. The van der Waals surface area contributed by atoms with Crippen LogP contribution in [0.2, 0.25) is 0 Å². The van der Waals surface area contributed by atoms with Gasteiger partial charge in [-0.2, -0.15) is 66.8 Å². The first kappa shape index (κ1) is 109. The minimum Gasteiger partial charge on any atom is -0.485 e. The van der Waals surface area contributed by atoms with Crippen molar-refractivity contribution in [1.29, 1.82) is 0 Å². The van der Waals surface area contributed by atoms with E-state index in [0.717, 1.165) is 16.7 Å². The van der Waals surface area contributed by atoms with Crippen LogP contribution in [0, 0.1) is 87.6 Å². The van der Waals surface area contributed by atoms with E-state index in [4.69, 9.17) is 38.3 Å². The Morgan fingerprint density at radius 3 is 0.922 bits per heavy atom. The summed E-state index contributed by atoms with van der Waals surface area (Å²) in [5.41, 5.74) is 0.695. The summed E-state index contributed by atoms with van der Waals surface area (Å²) in [5, 5.41) is 35.5. The van der Waals surface area contributed by atoms with Crippen LogP contribution in [-0.4, -0.2) is 149 Å². The maximum atomic E-state index is 14.0. The fourth-order valence-electron chi connectivity index (χ4n) is 13.0. The highest BCUT2D eigenvalue weighted by atomic mass is 32.1. The van der Waals surface area contributed by atoms with Gasteiger partial charge in [-0.1, -0.05) is 91.0 Å². The number of nitrogens with one attached hydrogen (secondary N) is 6. The van der Waals surface area contributed by atoms with Gasteiger partial charge in [0.15, 0.2) is 63.7 Å². The van der Waals surface area contributed by atoms with Crippen molar-refractivity contribution in [2.45, 2.75) is 211 Å². The summed E-state index contributed by atoms with van der Waals surface area (Å²) >= 11 is 0. The number of carboxylic acids is 1. The number of rotatable bonds is 33. The molecule has 6 aromatic rings. The van der Waals surface area contributed by atoms with E-state index >= 15 is 0 Å². The van der Waals surface area contributed by atoms with Crippen molar-refractivity contribution < 1.29 is 154 Å². The number of carbonyl (C=O) groups is 11. The molecule has 9 rings (SSSR count). The quantitative estimate of drug-likeness (QED) is 0.00821. The first-order chi connectivity index (χ1) is 59.0. The van der Waals surface area contributed by atoms with Crippen LogP contribution >= 0.6 is 40.5 Å². The number of hydrogen-bond donors (Lipinski definition) is 8. The number of benzene rings is 6. The Bertz CT molecular complexity index is 4650. The van der Waals surface area contributed by atoms with Gasteiger partial charge >= 0.3 is 36.2 Å². The summed E-state index contributed by atoms with van der Waals surface area (Å²) in [6, 6.07) is 22.2. The number of ether oxygens (including phenoxy) is 8. The third-order valence-electron chi connectivity index (χ3n) is 19.4. The minimum atomic E-state index is -1.87. The zero-order valence-electron chi connectivity index (χ0n) is 70.2. The summed E-state index contributed by atoms with van der Waals surface area (Å²) in [6.07, 6.45) is -0.793. The van der Waals surface area contributed by atoms with Crippen molar-refractivity contribution in [2.75, 3.05) is 19.8 Å². The van der Waals surface area contributed by atoms with Crippen LogP contribution in [0.25, 0.3) is 0 Å². The second-order valence-electron chi connectivity index (χ2n) is 31.5. The standard InChI is InChI=1S/C30H36F4N2O7.C30H34F4N2O7.C26H26F4N2O7.3H2S/c2*1-30(2,3)43-24(38)14-22(23(37)16-41-27-25(33)20(31)13-21(32)26(27)34)36-28(39)18-9-11-19(12-10-18)35-29(40)42-15-17-7-5-4-6-8-17;27-17-10-18(28)23(30)24(22(17)29)38-13-20(33)19(11-21(34)35)32-25(36)15-6-8-16(9-7-15)31-26(37)39-12-14-4-2-1-3-5-14;;;/h4-8,13,18-19,22-23,37H,9-12,14-16H2,1-3H3,(H,35,40)(H,36,39);4-8,13,18-19,22H,9-12,14-16H2,1-3H3,(H,35,40)(H,36,39);1-5,10,15-16,19H,6-9,11-13H2,(H,31,37)(H,32,36)(H,34,35);3*1H2/t18?,19?,22-,23?;18?,19?,22-;15?,16?,19-;;;/m000.../s1. The fraction of sp³-hybridized carbons (Fsp3) is 0.453. The van der Waals surface area contributed by atoms with Crippen LogP contribution < -0.4 is 46.1 Å². The van der Waals surface area contributed by atoms with E-state index in [1.54, 1.807) is 41.5 Å². The number of alkyl carbamates (subject to hydrolysis) is 3. The van der Waals surface area contributed by atoms with E-state index in [9.17, 15) is 111 Å². The molecular weight excluding hydrogens is 1780 g/mol. The molecule has 128 heavy (non-hydrogen) atoms. The molecule has 6 aromatic carbocycles. The molecule has 4 atom stereocenters. The monoisotopic (exact) mass is 1880 g/mol. The Hall–Kier alpha value is -11.1. The normalized spacial score (nSPS) is 17.3. The van der Waals surface area contributed by atoms with Gasteiger partial charge in [0, 0.05) is 54.1 Å². The lowest BCUT2D eigenvalue weighted by molar-refractivity contribution is -0.157. The number of carboxylic acid groups (broad SMARTS) is 1. The smallest absolute Gasteiger partial charge is 0.407 e. The molecule has 3 aliphatic rings. The van der Waals surface area contributed by atoms with Crippen molar-refractivity contribution in [3.63, 3.8) is 0 Å². The third kappa shape index (κ3) is 36.2. The van der Waals surface area contributed by atoms with Gasteiger partial charge in [-0.05, 0) is 135 Å². The van der Waals surface area contributed by atoms with Crippen LogP contribution in [-0.2, 0) is 81.9 Å². The highest BCUT2D eigenvalue weighted by Gasteiger charge is 2.38.